The minimum Gasteiger partial charge on any atom is -0.376 e. The highest BCUT2D eigenvalue weighted by Gasteiger charge is 2.09. The van der Waals surface area contributed by atoms with Gasteiger partial charge < -0.3 is 9.88 Å². The number of hydrogen-bond donors (Lipinski definition) is 2. The normalized spacial score (nSPS) is 11.0. The Morgan fingerprint density at radius 2 is 1.75 bits per heavy atom. The molecule has 0 aliphatic heterocycles. The van der Waals surface area contributed by atoms with E-state index in [9.17, 15) is 4.79 Å². The summed E-state index contributed by atoms with van der Waals surface area (Å²) < 4.78 is 3.21. The van der Waals surface area contributed by atoms with Crippen LogP contribution < -0.4 is 10.7 Å². The van der Waals surface area contributed by atoms with Gasteiger partial charge in [-0.3, -0.25) is 4.79 Å². The molecule has 1 amide bonds. The van der Waals surface area contributed by atoms with E-state index in [2.05, 4.69) is 61.5 Å². The highest BCUT2D eigenvalue weighted by Crippen LogP contribution is 2.21. The SMILES string of the molecule is Cc1ccc(NCC(=O)N/N=C\c2cc(C)n(-c3ccc(Br)cc3)c2C)cc1. The van der Waals surface area contributed by atoms with Crippen molar-refractivity contribution in [3.8, 4) is 5.69 Å². The number of carbonyl (C=O) groups excluding carboxylic acids is 1. The fourth-order valence-electron chi connectivity index (χ4n) is 2.97. The summed E-state index contributed by atoms with van der Waals surface area (Å²) in [5.74, 6) is -0.196. The van der Waals surface area contributed by atoms with E-state index in [1.165, 1.54) is 5.56 Å². The molecule has 2 N–H and O–H groups in total. The quantitative estimate of drug-likeness (QED) is 0.431. The minimum absolute atomic E-state index is 0.165. The lowest BCUT2D eigenvalue weighted by atomic mass is 10.2. The van der Waals surface area contributed by atoms with Gasteiger partial charge in [-0.1, -0.05) is 33.6 Å². The molecule has 144 valence electrons. The third-order valence-corrected chi connectivity index (χ3v) is 4.98. The number of hydrazone groups is 1. The Hall–Kier alpha value is -2.86. The van der Waals surface area contributed by atoms with E-state index >= 15 is 0 Å². The van der Waals surface area contributed by atoms with Crippen molar-refractivity contribution in [1.29, 1.82) is 0 Å². The second-order valence-electron chi connectivity index (χ2n) is 6.65. The molecule has 0 atom stereocenters. The zero-order chi connectivity index (χ0) is 20.1. The lowest BCUT2D eigenvalue weighted by Gasteiger charge is -2.09. The van der Waals surface area contributed by atoms with E-state index in [0.29, 0.717) is 0 Å². The average Bonchev–Trinajstić information content (AvgIpc) is 2.96. The van der Waals surface area contributed by atoms with Gasteiger partial charge in [0.2, 0.25) is 0 Å². The Labute approximate surface area is 173 Å². The molecule has 0 fully saturated rings. The number of hydrogen-bond acceptors (Lipinski definition) is 3. The van der Waals surface area contributed by atoms with Crippen LogP contribution in [0.2, 0.25) is 0 Å². The highest BCUT2D eigenvalue weighted by molar-refractivity contribution is 9.10. The molecular weight excluding hydrogens is 416 g/mol. The molecule has 3 rings (SSSR count). The molecule has 1 aromatic heterocycles. The number of rotatable bonds is 6. The third kappa shape index (κ3) is 4.89. The first-order valence-electron chi connectivity index (χ1n) is 9.01. The number of benzene rings is 2. The van der Waals surface area contributed by atoms with Crippen molar-refractivity contribution >= 4 is 33.7 Å². The van der Waals surface area contributed by atoms with Gasteiger partial charge in [0.15, 0.2) is 0 Å². The Kier molecular flexibility index (Phi) is 6.31. The zero-order valence-electron chi connectivity index (χ0n) is 16.2. The largest absolute Gasteiger partial charge is 0.376 e. The number of aromatic nitrogens is 1. The summed E-state index contributed by atoms with van der Waals surface area (Å²) in [6.45, 7) is 6.28. The fourth-order valence-corrected chi connectivity index (χ4v) is 3.24. The smallest absolute Gasteiger partial charge is 0.259 e. The molecule has 0 saturated carbocycles. The van der Waals surface area contributed by atoms with Crippen molar-refractivity contribution in [3.63, 3.8) is 0 Å². The van der Waals surface area contributed by atoms with Crippen molar-refractivity contribution in [1.82, 2.24) is 9.99 Å². The molecule has 6 heteroatoms. The summed E-state index contributed by atoms with van der Waals surface area (Å²) >= 11 is 3.46. The molecule has 1 heterocycles. The van der Waals surface area contributed by atoms with Gasteiger partial charge in [-0.05, 0) is 63.2 Å². The first-order valence-corrected chi connectivity index (χ1v) is 9.80. The van der Waals surface area contributed by atoms with Gasteiger partial charge in [0.25, 0.3) is 5.91 Å². The van der Waals surface area contributed by atoms with Gasteiger partial charge in [0, 0.05) is 32.8 Å². The van der Waals surface area contributed by atoms with E-state index in [1.54, 1.807) is 6.21 Å². The number of carbonyl (C=O) groups is 1. The van der Waals surface area contributed by atoms with E-state index in [4.69, 9.17) is 0 Å². The number of nitrogens with one attached hydrogen (secondary N) is 2. The van der Waals surface area contributed by atoms with Crippen LogP contribution in [0.3, 0.4) is 0 Å². The van der Waals surface area contributed by atoms with Crippen molar-refractivity contribution in [2.24, 2.45) is 5.10 Å². The number of nitrogens with zero attached hydrogens (tertiary/aromatic N) is 2. The number of aryl methyl sites for hydroxylation is 2. The van der Waals surface area contributed by atoms with E-state index < -0.39 is 0 Å². The van der Waals surface area contributed by atoms with Crippen LogP contribution in [0.5, 0.6) is 0 Å². The molecule has 0 unspecified atom stereocenters. The molecule has 0 radical (unpaired) electrons. The topological polar surface area (TPSA) is 58.4 Å². The van der Waals surface area contributed by atoms with Crippen molar-refractivity contribution in [3.05, 3.63) is 81.6 Å². The van der Waals surface area contributed by atoms with E-state index in [0.717, 1.165) is 32.8 Å². The van der Waals surface area contributed by atoms with Crippen LogP contribution in [0.25, 0.3) is 5.69 Å². The highest BCUT2D eigenvalue weighted by atomic mass is 79.9. The monoisotopic (exact) mass is 438 g/mol. The second kappa shape index (κ2) is 8.89. The maximum atomic E-state index is 12.0. The Bertz CT molecular complexity index is 989. The summed E-state index contributed by atoms with van der Waals surface area (Å²) in [6.07, 6.45) is 1.68. The average molecular weight is 439 g/mol. The van der Waals surface area contributed by atoms with Crippen LogP contribution in [0, 0.1) is 20.8 Å². The molecule has 28 heavy (non-hydrogen) atoms. The maximum Gasteiger partial charge on any atom is 0.259 e. The van der Waals surface area contributed by atoms with Gasteiger partial charge >= 0.3 is 0 Å². The first kappa shape index (κ1) is 19.9. The van der Waals surface area contributed by atoms with Crippen molar-refractivity contribution in [2.75, 3.05) is 11.9 Å². The molecule has 0 bridgehead atoms. The fraction of sp³-hybridized carbons (Fsp3) is 0.182. The van der Waals surface area contributed by atoms with Crippen LogP contribution in [0.1, 0.15) is 22.5 Å². The van der Waals surface area contributed by atoms with Gasteiger partial charge in [-0.25, -0.2) is 5.43 Å². The Morgan fingerprint density at radius 1 is 1.07 bits per heavy atom. The summed E-state index contributed by atoms with van der Waals surface area (Å²) in [7, 11) is 0. The predicted molar refractivity (Wildman–Crippen MR) is 118 cm³/mol. The first-order chi connectivity index (χ1) is 13.4. The third-order valence-electron chi connectivity index (χ3n) is 4.45. The molecule has 0 spiro atoms. The standard InChI is InChI=1S/C22H23BrN4O/c1-15-4-8-20(9-5-15)24-14-22(28)26-25-13-18-12-16(2)27(17(18)3)21-10-6-19(23)7-11-21/h4-13,24H,14H2,1-3H3,(H,26,28)/b25-13-. The lowest BCUT2D eigenvalue weighted by Crippen LogP contribution is -2.25. The number of halogens is 1. The van der Waals surface area contributed by atoms with E-state index in [-0.39, 0.29) is 12.5 Å². The van der Waals surface area contributed by atoms with Gasteiger partial charge in [-0.15, -0.1) is 0 Å². The van der Waals surface area contributed by atoms with Gasteiger partial charge in [0.1, 0.15) is 0 Å². The van der Waals surface area contributed by atoms with Crippen molar-refractivity contribution < 1.29 is 4.79 Å². The molecular formula is C22H23BrN4O. The maximum absolute atomic E-state index is 12.0. The van der Waals surface area contributed by atoms with Crippen LogP contribution in [-0.4, -0.2) is 23.2 Å². The van der Waals surface area contributed by atoms with Crippen molar-refractivity contribution in [2.45, 2.75) is 20.8 Å². The predicted octanol–water partition coefficient (Wildman–Crippen LogP) is 4.73. The van der Waals surface area contributed by atoms with E-state index in [1.807, 2.05) is 50.2 Å². The number of anilines is 1. The van der Waals surface area contributed by atoms with Gasteiger partial charge in [0.05, 0.1) is 12.8 Å². The Morgan fingerprint density at radius 3 is 2.43 bits per heavy atom. The summed E-state index contributed by atoms with van der Waals surface area (Å²) in [4.78, 5) is 12.0. The minimum atomic E-state index is -0.196. The molecule has 0 saturated heterocycles. The zero-order valence-corrected chi connectivity index (χ0v) is 17.7. The molecule has 5 nitrogen and oxygen atoms in total. The molecule has 2 aromatic carbocycles. The molecule has 0 aliphatic carbocycles. The van der Waals surface area contributed by atoms with Crippen LogP contribution in [0.15, 0.2) is 64.2 Å². The van der Waals surface area contributed by atoms with Crippen LogP contribution in [-0.2, 0) is 4.79 Å². The lowest BCUT2D eigenvalue weighted by molar-refractivity contribution is -0.119. The summed E-state index contributed by atoms with van der Waals surface area (Å²) in [5, 5.41) is 7.18. The Balaban J connectivity index is 1.61. The van der Waals surface area contributed by atoms with Crippen LogP contribution >= 0.6 is 15.9 Å². The summed E-state index contributed by atoms with van der Waals surface area (Å²) in [5.41, 5.74) is 8.88. The van der Waals surface area contributed by atoms with Gasteiger partial charge in [-0.2, -0.15) is 5.10 Å². The number of amides is 1. The molecule has 0 aliphatic rings. The second-order valence-corrected chi connectivity index (χ2v) is 7.57. The summed E-state index contributed by atoms with van der Waals surface area (Å²) in [6, 6.07) is 18.1. The molecule has 3 aromatic rings. The van der Waals surface area contributed by atoms with Crippen LogP contribution in [0.4, 0.5) is 5.69 Å².